The number of aryl methyl sites for hydroxylation is 2. The number of aromatic nitrogens is 1. The van der Waals surface area contributed by atoms with Gasteiger partial charge in [0.15, 0.2) is 0 Å². The molecule has 7 heteroatoms. The Balaban J connectivity index is 2.56. The van der Waals surface area contributed by atoms with Gasteiger partial charge in [-0.1, -0.05) is 11.8 Å². The van der Waals surface area contributed by atoms with Gasteiger partial charge in [-0.25, -0.2) is 9.78 Å². The van der Waals surface area contributed by atoms with Gasteiger partial charge in [-0.3, -0.25) is 10.1 Å². The molecule has 94 valence electrons. The lowest BCUT2D eigenvalue weighted by Gasteiger charge is -2.08. The Hall–Kier alpha value is -1.50. The Morgan fingerprint density at radius 3 is 2.53 bits per heavy atom. The number of carbonyl (C=O) groups excluding carboxylic acids is 2. The molecule has 3 amide bonds. The van der Waals surface area contributed by atoms with E-state index in [-0.39, 0.29) is 5.91 Å². The normalized spacial score (nSPS) is 12.0. The molecule has 17 heavy (non-hydrogen) atoms. The number of oxazole rings is 1. The fraction of sp³-hybridized carbons (Fsp3) is 0.500. The molecule has 1 atom stereocenters. The van der Waals surface area contributed by atoms with Gasteiger partial charge in [0.2, 0.25) is 5.91 Å². The van der Waals surface area contributed by atoms with Gasteiger partial charge in [0.1, 0.15) is 5.76 Å². The summed E-state index contributed by atoms with van der Waals surface area (Å²) in [5.74, 6) is 0.342. The second-order valence-electron chi connectivity index (χ2n) is 3.45. The van der Waals surface area contributed by atoms with Crippen LogP contribution in [0.15, 0.2) is 9.64 Å². The highest BCUT2D eigenvalue weighted by molar-refractivity contribution is 8.00. The summed E-state index contributed by atoms with van der Waals surface area (Å²) in [6.07, 6.45) is 0. The zero-order valence-corrected chi connectivity index (χ0v) is 11.0. The number of imide groups is 1. The average Bonchev–Trinajstić information content (AvgIpc) is 2.57. The van der Waals surface area contributed by atoms with Crippen LogP contribution in [0.5, 0.6) is 0 Å². The number of hydrogen-bond donors (Lipinski definition) is 2. The third-order valence-electron chi connectivity index (χ3n) is 2.12. The van der Waals surface area contributed by atoms with E-state index in [0.717, 1.165) is 11.5 Å². The molecule has 0 saturated heterocycles. The largest absolute Gasteiger partial charge is 0.437 e. The number of rotatable bonds is 3. The summed E-state index contributed by atoms with van der Waals surface area (Å²) in [6.45, 7) is 5.32. The fourth-order valence-corrected chi connectivity index (χ4v) is 1.81. The van der Waals surface area contributed by atoms with Crippen molar-refractivity contribution in [3.63, 3.8) is 0 Å². The van der Waals surface area contributed by atoms with Crippen molar-refractivity contribution in [3.8, 4) is 0 Å². The minimum absolute atomic E-state index is 0.386. The minimum atomic E-state index is -0.526. The van der Waals surface area contributed by atoms with E-state index in [1.165, 1.54) is 18.8 Å². The van der Waals surface area contributed by atoms with Gasteiger partial charge in [0, 0.05) is 7.05 Å². The maximum Gasteiger partial charge on any atom is 0.321 e. The fourth-order valence-electron chi connectivity index (χ4n) is 0.974. The second-order valence-corrected chi connectivity index (χ2v) is 4.74. The highest BCUT2D eigenvalue weighted by Gasteiger charge is 2.19. The lowest BCUT2D eigenvalue weighted by atomic mass is 10.4. The Bertz CT molecular complexity index is 411. The summed E-state index contributed by atoms with van der Waals surface area (Å²) in [5.41, 5.74) is 0.798. The summed E-state index contributed by atoms with van der Waals surface area (Å²) >= 11 is 1.17. The number of amides is 3. The van der Waals surface area contributed by atoms with Crippen molar-refractivity contribution in [1.82, 2.24) is 15.6 Å². The maximum absolute atomic E-state index is 11.5. The van der Waals surface area contributed by atoms with Crippen LogP contribution >= 0.6 is 11.8 Å². The molecule has 2 N–H and O–H groups in total. The van der Waals surface area contributed by atoms with E-state index >= 15 is 0 Å². The maximum atomic E-state index is 11.5. The summed E-state index contributed by atoms with van der Waals surface area (Å²) in [6, 6.07) is -0.526. The first-order valence-corrected chi connectivity index (χ1v) is 5.95. The molecule has 0 radical (unpaired) electrons. The van der Waals surface area contributed by atoms with E-state index in [9.17, 15) is 9.59 Å². The lowest BCUT2D eigenvalue weighted by Crippen LogP contribution is -2.41. The summed E-state index contributed by atoms with van der Waals surface area (Å²) < 4.78 is 5.34. The Labute approximate surface area is 104 Å². The van der Waals surface area contributed by atoms with Crippen LogP contribution in [0.3, 0.4) is 0 Å². The van der Waals surface area contributed by atoms with Gasteiger partial charge < -0.3 is 9.73 Å². The smallest absolute Gasteiger partial charge is 0.321 e. The molecule has 1 heterocycles. The first kappa shape index (κ1) is 13.6. The number of carbonyl (C=O) groups is 2. The quantitative estimate of drug-likeness (QED) is 0.795. The van der Waals surface area contributed by atoms with Gasteiger partial charge in [-0.2, -0.15) is 0 Å². The summed E-state index contributed by atoms with van der Waals surface area (Å²) in [5, 5.41) is 4.48. The number of nitrogens with one attached hydrogen (secondary N) is 2. The van der Waals surface area contributed by atoms with Gasteiger partial charge in [0.25, 0.3) is 5.22 Å². The summed E-state index contributed by atoms with van der Waals surface area (Å²) in [7, 11) is 1.45. The number of nitrogens with zero attached hydrogens (tertiary/aromatic N) is 1. The topological polar surface area (TPSA) is 84.2 Å². The van der Waals surface area contributed by atoms with Gasteiger partial charge in [0.05, 0.1) is 10.9 Å². The molecule has 1 rings (SSSR count). The van der Waals surface area contributed by atoms with E-state index in [2.05, 4.69) is 15.6 Å². The molecule has 6 nitrogen and oxygen atoms in total. The monoisotopic (exact) mass is 257 g/mol. The minimum Gasteiger partial charge on any atom is -0.437 e. The van der Waals surface area contributed by atoms with Crippen LogP contribution in [0.4, 0.5) is 4.79 Å². The van der Waals surface area contributed by atoms with E-state index in [0.29, 0.717) is 5.22 Å². The van der Waals surface area contributed by atoms with Crippen molar-refractivity contribution < 1.29 is 14.0 Å². The van der Waals surface area contributed by atoms with E-state index in [4.69, 9.17) is 4.42 Å². The molecule has 0 saturated carbocycles. The van der Waals surface area contributed by atoms with Crippen LogP contribution in [-0.4, -0.2) is 29.2 Å². The van der Waals surface area contributed by atoms with Crippen molar-refractivity contribution in [2.45, 2.75) is 31.2 Å². The first-order chi connectivity index (χ1) is 7.93. The van der Waals surface area contributed by atoms with Crippen LogP contribution in [0, 0.1) is 13.8 Å². The molecule has 1 aromatic heterocycles. The molecule has 0 spiro atoms. The standard InChI is InChI=1S/C10H15N3O3S/c1-5-6(2)16-10(12-5)17-7(3)8(14)13-9(15)11-4/h7H,1-4H3,(H2,11,13,14,15)/t7-/m1/s1. The molecular weight excluding hydrogens is 242 g/mol. The highest BCUT2D eigenvalue weighted by atomic mass is 32.2. The molecule has 0 aromatic carbocycles. The predicted molar refractivity (Wildman–Crippen MR) is 63.9 cm³/mol. The molecule has 0 aliphatic rings. The molecular formula is C10H15N3O3S. The Morgan fingerprint density at radius 1 is 1.41 bits per heavy atom. The Kier molecular flexibility index (Phi) is 4.56. The third-order valence-corrected chi connectivity index (χ3v) is 3.06. The van der Waals surface area contributed by atoms with Crippen LogP contribution in [0.1, 0.15) is 18.4 Å². The number of hydrogen-bond acceptors (Lipinski definition) is 5. The Morgan fingerprint density at radius 2 is 2.06 bits per heavy atom. The van der Waals surface area contributed by atoms with Gasteiger partial charge in [-0.05, 0) is 20.8 Å². The second kappa shape index (κ2) is 5.72. The molecule has 0 bridgehead atoms. The van der Waals surface area contributed by atoms with Crippen LogP contribution < -0.4 is 10.6 Å². The van der Waals surface area contributed by atoms with Crippen molar-refractivity contribution in [1.29, 1.82) is 0 Å². The molecule has 0 fully saturated rings. The number of thioether (sulfide) groups is 1. The first-order valence-electron chi connectivity index (χ1n) is 5.07. The van der Waals surface area contributed by atoms with Crippen molar-refractivity contribution in [2.24, 2.45) is 0 Å². The van der Waals surface area contributed by atoms with Crippen molar-refractivity contribution in [3.05, 3.63) is 11.5 Å². The van der Waals surface area contributed by atoms with Crippen molar-refractivity contribution >= 4 is 23.7 Å². The lowest BCUT2D eigenvalue weighted by molar-refractivity contribution is -0.119. The molecule has 0 aliphatic carbocycles. The van der Waals surface area contributed by atoms with Crippen LogP contribution in [-0.2, 0) is 4.79 Å². The van der Waals surface area contributed by atoms with Crippen molar-refractivity contribution in [2.75, 3.05) is 7.05 Å². The van der Waals surface area contributed by atoms with E-state index in [1.807, 2.05) is 13.8 Å². The van der Waals surface area contributed by atoms with E-state index in [1.54, 1.807) is 6.92 Å². The van der Waals surface area contributed by atoms with Crippen LogP contribution in [0.2, 0.25) is 0 Å². The average molecular weight is 257 g/mol. The SMILES string of the molecule is CNC(=O)NC(=O)[C@@H](C)Sc1nc(C)c(C)o1. The zero-order valence-electron chi connectivity index (χ0n) is 10.2. The molecule has 0 unspecified atom stereocenters. The number of urea groups is 1. The highest BCUT2D eigenvalue weighted by Crippen LogP contribution is 2.24. The van der Waals surface area contributed by atoms with E-state index < -0.39 is 11.3 Å². The zero-order chi connectivity index (χ0) is 13.0. The third kappa shape index (κ3) is 3.77. The molecule has 0 aliphatic heterocycles. The van der Waals surface area contributed by atoms with Gasteiger partial charge in [-0.15, -0.1) is 0 Å². The summed E-state index contributed by atoms with van der Waals surface area (Å²) in [4.78, 5) is 26.6. The predicted octanol–water partition coefficient (Wildman–Crippen LogP) is 1.23. The molecule has 1 aromatic rings. The van der Waals surface area contributed by atoms with Crippen LogP contribution in [0.25, 0.3) is 0 Å². The van der Waals surface area contributed by atoms with Gasteiger partial charge >= 0.3 is 6.03 Å².